The molecule has 0 unspecified atom stereocenters. The Bertz CT molecular complexity index is 1740. The van der Waals surface area contributed by atoms with Gasteiger partial charge >= 0.3 is 0 Å². The largest absolute Gasteiger partial charge is 0.371 e. The van der Waals surface area contributed by atoms with Gasteiger partial charge in [0.1, 0.15) is 0 Å². The molecule has 1 heterocycles. The van der Waals surface area contributed by atoms with Gasteiger partial charge in [0.25, 0.3) is 15.9 Å². The molecule has 0 bridgehead atoms. The molecule has 2 fully saturated rings. The van der Waals surface area contributed by atoms with Gasteiger partial charge in [-0.3, -0.25) is 9.69 Å². The van der Waals surface area contributed by atoms with Gasteiger partial charge in [-0.05, 0) is 84.5 Å². The van der Waals surface area contributed by atoms with Crippen LogP contribution >= 0.6 is 0 Å². The normalized spacial score (nSPS) is 16.3. The summed E-state index contributed by atoms with van der Waals surface area (Å²) in [5.41, 5.74) is 7.09. The number of rotatable bonds is 9. The van der Waals surface area contributed by atoms with Gasteiger partial charge in [0.05, 0.1) is 4.90 Å². The highest BCUT2D eigenvalue weighted by Crippen LogP contribution is 2.30. The fourth-order valence-electron chi connectivity index (χ4n) is 6.88. The standard InChI is InChI=1S/C38H44N4O3S/c1-29-27-35(21-22-37(29)40(2)33-14-7-4-8-15-33)46(44,45)39-38(43)31-17-19-34(20-18-31)42-25-23-41(24-26-42)28-32-13-9-10-16-36(32)30-11-5-3-6-12-30/h3,5-6,9-13,16-22,27,33H,4,7-8,14-15,23-26,28H2,1-2H3,(H,39,43). The van der Waals surface area contributed by atoms with Crippen molar-refractivity contribution in [2.24, 2.45) is 0 Å². The van der Waals surface area contributed by atoms with Gasteiger partial charge in [0.15, 0.2) is 0 Å². The summed E-state index contributed by atoms with van der Waals surface area (Å²) in [6, 6.07) is 31.9. The fourth-order valence-corrected chi connectivity index (χ4v) is 7.94. The van der Waals surface area contributed by atoms with Gasteiger partial charge in [0, 0.05) is 62.8 Å². The summed E-state index contributed by atoms with van der Waals surface area (Å²) in [6.07, 6.45) is 6.06. The first-order valence-corrected chi connectivity index (χ1v) is 17.9. The summed E-state index contributed by atoms with van der Waals surface area (Å²) in [7, 11) is -1.93. The third-order valence-corrected chi connectivity index (χ3v) is 10.9. The van der Waals surface area contributed by atoms with Crippen molar-refractivity contribution in [3.63, 3.8) is 0 Å². The third-order valence-electron chi connectivity index (χ3n) is 9.57. The number of carbonyl (C=O) groups excluding carboxylic acids is 1. The van der Waals surface area contributed by atoms with Crippen LogP contribution in [-0.4, -0.2) is 58.5 Å². The highest BCUT2D eigenvalue weighted by molar-refractivity contribution is 7.90. The average molecular weight is 637 g/mol. The quantitative estimate of drug-likeness (QED) is 0.216. The molecule has 0 radical (unpaired) electrons. The Kier molecular flexibility index (Phi) is 9.75. The van der Waals surface area contributed by atoms with Gasteiger partial charge in [-0.1, -0.05) is 73.9 Å². The van der Waals surface area contributed by atoms with Crippen molar-refractivity contribution >= 4 is 27.3 Å². The van der Waals surface area contributed by atoms with Gasteiger partial charge in [-0.15, -0.1) is 0 Å². The van der Waals surface area contributed by atoms with Crippen molar-refractivity contribution in [2.45, 2.75) is 56.5 Å². The van der Waals surface area contributed by atoms with E-state index >= 15 is 0 Å². The first-order chi connectivity index (χ1) is 22.3. The maximum atomic E-state index is 13.2. The minimum Gasteiger partial charge on any atom is -0.371 e. The molecular weight excluding hydrogens is 593 g/mol. The molecule has 1 aliphatic heterocycles. The molecule has 46 heavy (non-hydrogen) atoms. The number of amides is 1. The van der Waals surface area contributed by atoms with Crippen LogP contribution in [0.3, 0.4) is 0 Å². The van der Waals surface area contributed by atoms with Crippen molar-refractivity contribution in [2.75, 3.05) is 43.0 Å². The third kappa shape index (κ3) is 7.29. The number of piperazine rings is 1. The molecule has 1 aliphatic carbocycles. The Balaban J connectivity index is 1.04. The number of nitrogens with one attached hydrogen (secondary N) is 1. The van der Waals surface area contributed by atoms with Crippen LogP contribution < -0.4 is 14.5 Å². The van der Waals surface area contributed by atoms with E-state index in [1.807, 2.05) is 31.2 Å². The Morgan fingerprint density at radius 2 is 1.50 bits per heavy atom. The van der Waals surface area contributed by atoms with Crippen LogP contribution in [0.5, 0.6) is 0 Å². The Morgan fingerprint density at radius 1 is 0.826 bits per heavy atom. The minimum atomic E-state index is -4.02. The smallest absolute Gasteiger partial charge is 0.264 e. The number of hydrogen-bond acceptors (Lipinski definition) is 6. The molecule has 1 saturated heterocycles. The van der Waals surface area contributed by atoms with E-state index < -0.39 is 15.9 Å². The van der Waals surface area contributed by atoms with Crippen LogP contribution in [-0.2, 0) is 16.6 Å². The van der Waals surface area contributed by atoms with Crippen LogP contribution in [0.4, 0.5) is 11.4 Å². The van der Waals surface area contributed by atoms with Crippen molar-refractivity contribution in [3.8, 4) is 11.1 Å². The first kappa shape index (κ1) is 31.8. The van der Waals surface area contributed by atoms with Crippen LogP contribution in [0, 0.1) is 6.92 Å². The summed E-state index contributed by atoms with van der Waals surface area (Å²) < 4.78 is 28.6. The van der Waals surface area contributed by atoms with Crippen molar-refractivity contribution in [3.05, 3.63) is 114 Å². The van der Waals surface area contributed by atoms with E-state index in [1.54, 1.807) is 24.3 Å². The van der Waals surface area contributed by atoms with Crippen molar-refractivity contribution < 1.29 is 13.2 Å². The van der Waals surface area contributed by atoms with Crippen LogP contribution in [0.2, 0.25) is 0 Å². The van der Waals surface area contributed by atoms with Crippen LogP contribution in [0.25, 0.3) is 11.1 Å². The fraction of sp³-hybridized carbons (Fsp3) is 0.342. The predicted molar refractivity (Wildman–Crippen MR) is 187 cm³/mol. The molecule has 4 aromatic rings. The summed E-state index contributed by atoms with van der Waals surface area (Å²) in [4.78, 5) is 20.2. The second kappa shape index (κ2) is 14.1. The zero-order valence-electron chi connectivity index (χ0n) is 26.9. The van der Waals surface area contributed by atoms with E-state index in [0.717, 1.165) is 62.5 Å². The number of nitrogens with zero attached hydrogens (tertiary/aromatic N) is 3. The van der Waals surface area contributed by atoms with Crippen LogP contribution in [0.15, 0.2) is 102 Å². The average Bonchev–Trinajstić information content (AvgIpc) is 3.09. The maximum absolute atomic E-state index is 13.2. The second-order valence-corrected chi connectivity index (χ2v) is 14.3. The SMILES string of the molecule is Cc1cc(S(=O)(=O)NC(=O)c2ccc(N3CCN(Cc4ccccc4-c4ccccc4)CC3)cc2)ccc1N(C)C1CCCCC1. The lowest BCUT2D eigenvalue weighted by Gasteiger charge is -2.36. The van der Waals surface area contributed by atoms with Crippen molar-refractivity contribution in [1.82, 2.24) is 9.62 Å². The molecular formula is C38H44N4O3S. The molecule has 240 valence electrons. The topological polar surface area (TPSA) is 73.0 Å². The zero-order chi connectivity index (χ0) is 32.1. The second-order valence-electron chi connectivity index (χ2n) is 12.6. The van der Waals surface area contributed by atoms with Crippen molar-refractivity contribution in [1.29, 1.82) is 0 Å². The zero-order valence-corrected chi connectivity index (χ0v) is 27.7. The molecule has 0 aromatic heterocycles. The summed E-state index contributed by atoms with van der Waals surface area (Å²) >= 11 is 0. The van der Waals surface area contributed by atoms with E-state index in [0.29, 0.717) is 11.6 Å². The lowest BCUT2D eigenvalue weighted by atomic mass is 9.94. The van der Waals surface area contributed by atoms with Gasteiger partial charge < -0.3 is 9.80 Å². The summed E-state index contributed by atoms with van der Waals surface area (Å²) in [5, 5.41) is 0. The Morgan fingerprint density at radius 3 is 2.20 bits per heavy atom. The molecule has 7 nitrogen and oxygen atoms in total. The molecule has 2 aliphatic rings. The monoisotopic (exact) mass is 636 g/mol. The highest BCUT2D eigenvalue weighted by atomic mass is 32.2. The predicted octanol–water partition coefficient (Wildman–Crippen LogP) is 6.87. The number of benzene rings is 4. The van der Waals surface area contributed by atoms with Gasteiger partial charge in [0.2, 0.25) is 0 Å². The van der Waals surface area contributed by atoms with E-state index in [9.17, 15) is 13.2 Å². The van der Waals surface area contributed by atoms with Crippen LogP contribution in [0.1, 0.15) is 53.6 Å². The molecule has 0 spiro atoms. The van der Waals surface area contributed by atoms with Gasteiger partial charge in [-0.2, -0.15) is 0 Å². The highest BCUT2D eigenvalue weighted by Gasteiger charge is 2.24. The number of carbonyl (C=O) groups is 1. The lowest BCUT2D eigenvalue weighted by molar-refractivity contribution is 0.0981. The van der Waals surface area contributed by atoms with E-state index in [1.165, 1.54) is 36.0 Å². The molecule has 1 saturated carbocycles. The molecule has 0 atom stereocenters. The number of sulfonamides is 1. The Labute approximate surface area is 273 Å². The van der Waals surface area contributed by atoms with E-state index in [2.05, 4.69) is 75.0 Å². The molecule has 6 rings (SSSR count). The number of anilines is 2. The Hall–Kier alpha value is -4.14. The maximum Gasteiger partial charge on any atom is 0.264 e. The number of hydrogen-bond donors (Lipinski definition) is 1. The van der Waals surface area contributed by atoms with E-state index in [-0.39, 0.29) is 4.90 Å². The summed E-state index contributed by atoms with van der Waals surface area (Å²) in [6.45, 7) is 6.43. The van der Waals surface area contributed by atoms with E-state index in [4.69, 9.17) is 0 Å². The summed E-state index contributed by atoms with van der Waals surface area (Å²) in [5.74, 6) is -0.630. The molecule has 8 heteroatoms. The first-order valence-electron chi connectivity index (χ1n) is 16.4. The lowest BCUT2D eigenvalue weighted by Crippen LogP contribution is -2.46. The molecule has 4 aromatic carbocycles. The molecule has 1 N–H and O–H groups in total. The minimum absolute atomic E-state index is 0.0972. The number of aryl methyl sites for hydroxylation is 1. The van der Waals surface area contributed by atoms with Gasteiger partial charge in [-0.25, -0.2) is 13.1 Å². The molecule has 1 amide bonds.